The van der Waals surface area contributed by atoms with E-state index in [4.69, 9.17) is 11.5 Å². The Morgan fingerprint density at radius 2 is 2.06 bits per heavy atom. The zero-order valence-corrected chi connectivity index (χ0v) is 9.51. The average molecular weight is 257 g/mol. The molecule has 0 saturated heterocycles. The summed E-state index contributed by atoms with van der Waals surface area (Å²) in [6.45, 7) is 1.66. The third-order valence-electron chi connectivity index (χ3n) is 2.31. The Morgan fingerprint density at radius 3 is 2.56 bits per heavy atom. The lowest BCUT2D eigenvalue weighted by atomic mass is 10.1. The monoisotopic (exact) mass is 257 g/mol. The highest BCUT2D eigenvalue weighted by Gasteiger charge is 2.24. The maximum absolute atomic E-state index is 13.5. The smallest absolute Gasteiger partial charge is 0.257 e. The van der Waals surface area contributed by atoms with E-state index in [0.29, 0.717) is 6.07 Å². The summed E-state index contributed by atoms with van der Waals surface area (Å²) in [5.41, 5.74) is -0.761. The van der Waals surface area contributed by atoms with Crippen molar-refractivity contribution in [1.82, 2.24) is 4.90 Å². The van der Waals surface area contributed by atoms with Gasteiger partial charge in [0.2, 0.25) is 5.82 Å². The van der Waals surface area contributed by atoms with Gasteiger partial charge < -0.3 is 10.0 Å². The zero-order chi connectivity index (χ0) is 13.9. The van der Waals surface area contributed by atoms with Crippen LogP contribution in [0.15, 0.2) is 6.07 Å². The first-order chi connectivity index (χ1) is 8.43. The highest BCUT2D eigenvalue weighted by atomic mass is 19.2. The van der Waals surface area contributed by atoms with E-state index in [1.807, 2.05) is 0 Å². The van der Waals surface area contributed by atoms with Crippen LogP contribution in [-0.2, 0) is 0 Å². The summed E-state index contributed by atoms with van der Waals surface area (Å²) in [7, 11) is 0. The number of terminal acetylenes is 1. The molecule has 0 spiro atoms. The number of nitrogens with zero attached hydrogens (tertiary/aromatic N) is 1. The lowest BCUT2D eigenvalue weighted by Crippen LogP contribution is -2.32. The molecule has 0 radical (unpaired) electrons. The molecule has 18 heavy (non-hydrogen) atoms. The Morgan fingerprint density at radius 1 is 1.44 bits per heavy atom. The van der Waals surface area contributed by atoms with Gasteiger partial charge in [0.1, 0.15) is 0 Å². The first-order valence-corrected chi connectivity index (χ1v) is 5.03. The van der Waals surface area contributed by atoms with Crippen molar-refractivity contribution >= 4 is 5.91 Å². The molecule has 0 atom stereocenters. The quantitative estimate of drug-likeness (QED) is 0.663. The van der Waals surface area contributed by atoms with Gasteiger partial charge in [0.05, 0.1) is 12.1 Å². The number of hydrogen-bond donors (Lipinski definition) is 1. The molecule has 3 nitrogen and oxygen atoms in total. The molecule has 0 unspecified atom stereocenters. The fourth-order valence-electron chi connectivity index (χ4n) is 1.35. The highest BCUT2D eigenvalue weighted by molar-refractivity contribution is 5.95. The van der Waals surface area contributed by atoms with Gasteiger partial charge in [-0.25, -0.2) is 8.78 Å². The second kappa shape index (κ2) is 5.45. The summed E-state index contributed by atoms with van der Waals surface area (Å²) in [5.74, 6) is -4.99. The van der Waals surface area contributed by atoms with E-state index in [-0.39, 0.29) is 13.1 Å². The van der Waals surface area contributed by atoms with Crippen molar-refractivity contribution < 1.29 is 23.1 Å². The second-order valence-electron chi connectivity index (χ2n) is 3.41. The van der Waals surface area contributed by atoms with E-state index in [0.717, 1.165) is 4.90 Å². The molecule has 0 saturated carbocycles. The van der Waals surface area contributed by atoms with Crippen molar-refractivity contribution in [3.8, 4) is 18.1 Å². The minimum Gasteiger partial charge on any atom is -0.503 e. The number of hydrogen-bond acceptors (Lipinski definition) is 2. The SMILES string of the molecule is C#CCN(CC)C(=O)c1cc(F)c(F)c(O)c1F. The minimum absolute atomic E-state index is 0.103. The van der Waals surface area contributed by atoms with Gasteiger partial charge in [-0.2, -0.15) is 4.39 Å². The number of rotatable bonds is 3. The molecule has 96 valence electrons. The van der Waals surface area contributed by atoms with Crippen LogP contribution in [0.4, 0.5) is 13.2 Å². The van der Waals surface area contributed by atoms with Crippen LogP contribution in [0.5, 0.6) is 5.75 Å². The standard InChI is InChI=1S/C12H10F3NO2/c1-3-5-16(4-2)12(18)7-6-8(13)10(15)11(17)9(7)14/h1,6,17H,4-5H2,2H3. The normalized spacial score (nSPS) is 9.94. The Kier molecular flexibility index (Phi) is 4.21. The fraction of sp³-hybridized carbons (Fsp3) is 0.250. The molecular weight excluding hydrogens is 247 g/mol. The molecule has 1 aromatic carbocycles. The molecule has 6 heteroatoms. The van der Waals surface area contributed by atoms with Gasteiger partial charge in [-0.15, -0.1) is 6.42 Å². The van der Waals surface area contributed by atoms with Gasteiger partial charge >= 0.3 is 0 Å². The molecule has 0 aromatic heterocycles. The van der Waals surface area contributed by atoms with Crippen molar-refractivity contribution in [2.24, 2.45) is 0 Å². The van der Waals surface area contributed by atoms with E-state index < -0.39 is 34.7 Å². The number of carbonyl (C=O) groups excluding carboxylic acids is 1. The number of phenols is 1. The van der Waals surface area contributed by atoms with E-state index in [1.54, 1.807) is 6.92 Å². The third-order valence-corrected chi connectivity index (χ3v) is 2.31. The van der Waals surface area contributed by atoms with E-state index in [2.05, 4.69) is 5.92 Å². The van der Waals surface area contributed by atoms with Crippen LogP contribution < -0.4 is 0 Å². The second-order valence-corrected chi connectivity index (χ2v) is 3.41. The molecule has 1 N–H and O–H groups in total. The molecule has 0 aliphatic rings. The average Bonchev–Trinajstić information content (AvgIpc) is 2.37. The first kappa shape index (κ1) is 13.9. The summed E-state index contributed by atoms with van der Waals surface area (Å²) in [6.07, 6.45) is 5.02. The van der Waals surface area contributed by atoms with Crippen molar-refractivity contribution in [3.05, 3.63) is 29.1 Å². The van der Waals surface area contributed by atoms with Crippen LogP contribution in [0, 0.1) is 29.8 Å². The number of halogens is 3. The summed E-state index contributed by atoms with van der Waals surface area (Å²) in [6, 6.07) is 0.395. The van der Waals surface area contributed by atoms with Crippen molar-refractivity contribution in [3.63, 3.8) is 0 Å². The predicted molar refractivity (Wildman–Crippen MR) is 58.4 cm³/mol. The Labute approximate surface area is 102 Å². The predicted octanol–water partition coefficient (Wildman–Crippen LogP) is 1.90. The van der Waals surface area contributed by atoms with Crippen LogP contribution in [-0.4, -0.2) is 29.0 Å². The fourth-order valence-corrected chi connectivity index (χ4v) is 1.35. The van der Waals surface area contributed by atoms with Gasteiger partial charge in [-0.05, 0) is 13.0 Å². The van der Waals surface area contributed by atoms with E-state index in [1.165, 1.54) is 0 Å². The molecule has 1 amide bonds. The molecule has 0 aliphatic heterocycles. The maximum Gasteiger partial charge on any atom is 0.257 e. The van der Waals surface area contributed by atoms with E-state index in [9.17, 15) is 18.0 Å². The molecule has 0 heterocycles. The van der Waals surface area contributed by atoms with Crippen molar-refractivity contribution in [2.45, 2.75) is 6.92 Å². The van der Waals surface area contributed by atoms with Crippen LogP contribution in [0.25, 0.3) is 0 Å². The van der Waals surface area contributed by atoms with Crippen molar-refractivity contribution in [2.75, 3.05) is 13.1 Å². The molecule has 0 bridgehead atoms. The van der Waals surface area contributed by atoms with Crippen LogP contribution in [0.3, 0.4) is 0 Å². The van der Waals surface area contributed by atoms with Crippen LogP contribution in [0.2, 0.25) is 0 Å². The molecule has 0 fully saturated rings. The van der Waals surface area contributed by atoms with Crippen LogP contribution >= 0.6 is 0 Å². The van der Waals surface area contributed by atoms with Gasteiger partial charge in [0.25, 0.3) is 5.91 Å². The lowest BCUT2D eigenvalue weighted by molar-refractivity contribution is 0.0778. The van der Waals surface area contributed by atoms with Gasteiger partial charge in [0, 0.05) is 6.54 Å². The molecular formula is C12H10F3NO2. The number of amides is 1. The Hall–Kier alpha value is -2.16. The third kappa shape index (κ3) is 2.40. The summed E-state index contributed by atoms with van der Waals surface area (Å²) in [5, 5.41) is 9.00. The first-order valence-electron chi connectivity index (χ1n) is 5.03. The Bertz CT molecular complexity index is 523. The minimum atomic E-state index is -1.73. The summed E-state index contributed by atoms with van der Waals surface area (Å²) < 4.78 is 39.3. The molecule has 0 aliphatic carbocycles. The van der Waals surface area contributed by atoms with Gasteiger partial charge in [-0.1, -0.05) is 5.92 Å². The number of carbonyl (C=O) groups is 1. The molecule has 1 aromatic rings. The molecule has 1 rings (SSSR count). The van der Waals surface area contributed by atoms with Crippen LogP contribution in [0.1, 0.15) is 17.3 Å². The number of phenolic OH excluding ortho intramolecular Hbond substituents is 1. The lowest BCUT2D eigenvalue weighted by Gasteiger charge is -2.18. The van der Waals surface area contributed by atoms with Crippen molar-refractivity contribution in [1.29, 1.82) is 0 Å². The maximum atomic E-state index is 13.5. The number of aromatic hydroxyl groups is 1. The van der Waals surface area contributed by atoms with Gasteiger partial charge in [0.15, 0.2) is 17.4 Å². The Balaban J connectivity index is 3.26. The topological polar surface area (TPSA) is 40.5 Å². The van der Waals surface area contributed by atoms with E-state index >= 15 is 0 Å². The summed E-state index contributed by atoms with van der Waals surface area (Å²) >= 11 is 0. The largest absolute Gasteiger partial charge is 0.503 e. The highest BCUT2D eigenvalue weighted by Crippen LogP contribution is 2.26. The summed E-state index contributed by atoms with van der Waals surface area (Å²) in [4.78, 5) is 12.8. The van der Waals surface area contributed by atoms with Gasteiger partial charge in [-0.3, -0.25) is 4.79 Å². The number of benzene rings is 1. The zero-order valence-electron chi connectivity index (χ0n) is 9.51.